The van der Waals surface area contributed by atoms with Crippen LogP contribution < -0.4 is 16.8 Å². The molecule has 2 aromatic rings. The highest BCUT2D eigenvalue weighted by molar-refractivity contribution is 6.04. The number of hydrogen-bond acceptors (Lipinski definition) is 3. The van der Waals surface area contributed by atoms with Crippen LogP contribution in [0.15, 0.2) is 53.5 Å². The summed E-state index contributed by atoms with van der Waals surface area (Å²) in [7, 11) is 0. The van der Waals surface area contributed by atoms with E-state index in [4.69, 9.17) is 11.5 Å². The summed E-state index contributed by atoms with van der Waals surface area (Å²) in [5.41, 5.74) is 12.6. The second kappa shape index (κ2) is 7.11. The Morgan fingerprint density at radius 3 is 2.48 bits per heavy atom. The topological polar surface area (TPSA) is 131 Å². The highest BCUT2D eigenvalue weighted by Crippen LogP contribution is 2.61. The number of benzene rings is 2. The van der Waals surface area contributed by atoms with Crippen LogP contribution in [0.2, 0.25) is 0 Å². The average Bonchev–Trinajstić information content (AvgIpc) is 3.38. The van der Waals surface area contributed by atoms with Crippen LogP contribution in [0.3, 0.4) is 0 Å². The summed E-state index contributed by atoms with van der Waals surface area (Å²) in [5, 5.41) is 12.2. The number of guanidine groups is 1. The lowest BCUT2D eigenvalue weighted by Crippen LogP contribution is -2.21. The van der Waals surface area contributed by atoms with Crippen LogP contribution in [-0.4, -0.2) is 22.9 Å². The van der Waals surface area contributed by atoms with Crippen molar-refractivity contribution in [1.82, 2.24) is 0 Å². The van der Waals surface area contributed by atoms with Crippen molar-refractivity contribution < 1.29 is 14.7 Å². The number of aliphatic imine (C=N–C) groups is 1. The molecular formula is C20H22N4O3. The van der Waals surface area contributed by atoms with Gasteiger partial charge in [0.15, 0.2) is 5.96 Å². The van der Waals surface area contributed by atoms with E-state index in [9.17, 15) is 14.7 Å². The minimum Gasteiger partial charge on any atom is -0.481 e. The van der Waals surface area contributed by atoms with Crippen molar-refractivity contribution in [3.63, 3.8) is 0 Å². The molecule has 1 aliphatic carbocycles. The van der Waals surface area contributed by atoms with Crippen LogP contribution in [-0.2, 0) is 4.79 Å². The molecule has 2 atom stereocenters. The van der Waals surface area contributed by atoms with Crippen molar-refractivity contribution in [1.29, 1.82) is 0 Å². The summed E-state index contributed by atoms with van der Waals surface area (Å²) in [5.74, 6) is -1.07. The SMILES string of the molecule is CCC1(C(=O)O)CC1c1ccc(NC(=O)c2cccc(N=C(N)N)c2)cc1. The normalized spacial score (nSPS) is 20.6. The van der Waals surface area contributed by atoms with Crippen molar-refractivity contribution in [3.05, 3.63) is 59.7 Å². The second-order valence-corrected chi connectivity index (χ2v) is 6.73. The van der Waals surface area contributed by atoms with Gasteiger partial charge in [-0.2, -0.15) is 0 Å². The Morgan fingerprint density at radius 2 is 1.93 bits per heavy atom. The lowest BCUT2D eigenvalue weighted by molar-refractivity contribution is -0.143. The molecule has 6 N–H and O–H groups in total. The summed E-state index contributed by atoms with van der Waals surface area (Å²) in [6, 6.07) is 14.0. The van der Waals surface area contributed by atoms with Gasteiger partial charge in [-0.15, -0.1) is 0 Å². The predicted octanol–water partition coefficient (Wildman–Crippen LogP) is 2.81. The smallest absolute Gasteiger partial charge is 0.310 e. The van der Waals surface area contributed by atoms with Crippen molar-refractivity contribution >= 4 is 29.2 Å². The molecule has 0 saturated heterocycles. The van der Waals surface area contributed by atoms with Crippen LogP contribution in [0.4, 0.5) is 11.4 Å². The average molecular weight is 366 g/mol. The van der Waals surface area contributed by atoms with Gasteiger partial charge in [0, 0.05) is 17.2 Å². The third kappa shape index (κ3) is 3.76. The lowest BCUT2D eigenvalue weighted by atomic mass is 9.96. The Bertz CT molecular complexity index is 904. The van der Waals surface area contributed by atoms with Crippen LogP contribution in [0.1, 0.15) is 41.6 Å². The number of carboxylic acids is 1. The Kier molecular flexibility index (Phi) is 4.85. The number of carbonyl (C=O) groups is 2. The zero-order valence-corrected chi connectivity index (χ0v) is 15.0. The van der Waals surface area contributed by atoms with Crippen molar-refractivity contribution in [2.24, 2.45) is 21.9 Å². The van der Waals surface area contributed by atoms with Crippen LogP contribution in [0.5, 0.6) is 0 Å². The monoisotopic (exact) mass is 366 g/mol. The number of nitrogens with two attached hydrogens (primary N) is 2. The standard InChI is InChI=1S/C20H22N4O3/c1-2-20(18(26)27)11-16(20)12-6-8-14(9-7-12)23-17(25)13-4-3-5-15(10-13)24-19(21)22/h3-10,16H,2,11H2,1H3,(H,23,25)(H,26,27)(H4,21,22,24). The fourth-order valence-corrected chi connectivity index (χ4v) is 3.39. The first kappa shape index (κ1) is 18.4. The third-order valence-corrected chi connectivity index (χ3v) is 5.07. The van der Waals surface area contributed by atoms with E-state index in [1.807, 2.05) is 19.1 Å². The molecule has 0 radical (unpaired) electrons. The predicted molar refractivity (Wildman–Crippen MR) is 104 cm³/mol. The van der Waals surface area contributed by atoms with Crippen molar-refractivity contribution in [2.45, 2.75) is 25.7 Å². The number of nitrogens with one attached hydrogen (secondary N) is 1. The minimum atomic E-state index is -0.743. The number of nitrogens with zero attached hydrogens (tertiary/aromatic N) is 1. The van der Waals surface area contributed by atoms with Gasteiger partial charge in [0.1, 0.15) is 0 Å². The molecule has 140 valence electrons. The van der Waals surface area contributed by atoms with E-state index in [0.29, 0.717) is 29.8 Å². The molecule has 0 bridgehead atoms. The maximum atomic E-state index is 12.4. The van der Waals surface area contributed by atoms with Gasteiger partial charge >= 0.3 is 5.97 Å². The number of aliphatic carboxylic acids is 1. The molecule has 27 heavy (non-hydrogen) atoms. The summed E-state index contributed by atoms with van der Waals surface area (Å²) >= 11 is 0. The number of carbonyl (C=O) groups excluding carboxylic acids is 1. The molecular weight excluding hydrogens is 344 g/mol. The summed E-state index contributed by atoms with van der Waals surface area (Å²) in [4.78, 5) is 27.8. The number of anilines is 1. The maximum Gasteiger partial charge on any atom is 0.310 e. The summed E-state index contributed by atoms with van der Waals surface area (Å²) < 4.78 is 0. The van der Waals surface area contributed by atoms with Gasteiger partial charge in [0.05, 0.1) is 11.1 Å². The summed E-state index contributed by atoms with van der Waals surface area (Å²) in [6.07, 6.45) is 1.26. The molecule has 7 heteroatoms. The first-order valence-electron chi connectivity index (χ1n) is 8.70. The largest absolute Gasteiger partial charge is 0.481 e. The van der Waals surface area contributed by atoms with E-state index >= 15 is 0 Å². The van der Waals surface area contributed by atoms with E-state index < -0.39 is 11.4 Å². The summed E-state index contributed by atoms with van der Waals surface area (Å²) in [6.45, 7) is 1.90. The molecule has 1 fully saturated rings. The molecule has 2 unspecified atom stereocenters. The molecule has 1 aliphatic rings. The quantitative estimate of drug-likeness (QED) is 0.461. The third-order valence-electron chi connectivity index (χ3n) is 5.07. The van der Waals surface area contributed by atoms with Crippen LogP contribution in [0.25, 0.3) is 0 Å². The van der Waals surface area contributed by atoms with Gasteiger partial charge < -0.3 is 21.9 Å². The van der Waals surface area contributed by atoms with E-state index in [1.165, 1.54) is 0 Å². The van der Waals surface area contributed by atoms with Crippen LogP contribution >= 0.6 is 0 Å². The number of carboxylic acid groups (broad SMARTS) is 1. The fraction of sp³-hybridized carbons (Fsp3) is 0.250. The van der Waals surface area contributed by atoms with Crippen LogP contribution in [0, 0.1) is 5.41 Å². The zero-order chi connectivity index (χ0) is 19.6. The highest BCUT2D eigenvalue weighted by atomic mass is 16.4. The Morgan fingerprint density at radius 1 is 1.22 bits per heavy atom. The number of hydrogen-bond donors (Lipinski definition) is 4. The fourth-order valence-electron chi connectivity index (χ4n) is 3.39. The Hall–Kier alpha value is -3.35. The second-order valence-electron chi connectivity index (χ2n) is 6.73. The molecule has 0 spiro atoms. The van der Waals surface area contributed by atoms with E-state index in [2.05, 4.69) is 10.3 Å². The number of rotatable bonds is 6. The molecule has 0 aromatic heterocycles. The van der Waals surface area contributed by atoms with E-state index in [0.717, 1.165) is 5.56 Å². The first-order chi connectivity index (χ1) is 12.9. The van der Waals surface area contributed by atoms with Gasteiger partial charge in [-0.25, -0.2) is 4.99 Å². The van der Waals surface area contributed by atoms with Gasteiger partial charge in [0.25, 0.3) is 5.91 Å². The lowest BCUT2D eigenvalue weighted by Gasteiger charge is -2.10. The minimum absolute atomic E-state index is 0.0287. The van der Waals surface area contributed by atoms with E-state index in [-0.39, 0.29) is 17.8 Å². The number of amides is 1. The molecule has 0 heterocycles. The molecule has 1 amide bonds. The van der Waals surface area contributed by atoms with Gasteiger partial charge in [0.2, 0.25) is 0 Å². The molecule has 0 aliphatic heterocycles. The molecule has 3 rings (SSSR count). The Labute approximate surface area is 157 Å². The molecule has 1 saturated carbocycles. The maximum absolute atomic E-state index is 12.4. The molecule has 2 aromatic carbocycles. The van der Waals surface area contributed by atoms with Gasteiger partial charge in [-0.3, -0.25) is 9.59 Å². The molecule has 7 nitrogen and oxygen atoms in total. The van der Waals surface area contributed by atoms with Crippen molar-refractivity contribution in [3.8, 4) is 0 Å². The van der Waals surface area contributed by atoms with Gasteiger partial charge in [-0.1, -0.05) is 25.1 Å². The first-order valence-corrected chi connectivity index (χ1v) is 8.70. The zero-order valence-electron chi connectivity index (χ0n) is 15.0. The highest BCUT2D eigenvalue weighted by Gasteiger charge is 2.59. The van der Waals surface area contributed by atoms with E-state index in [1.54, 1.807) is 36.4 Å². The van der Waals surface area contributed by atoms with Gasteiger partial charge in [-0.05, 0) is 48.7 Å². The Balaban J connectivity index is 1.70. The van der Waals surface area contributed by atoms with Crippen molar-refractivity contribution in [2.75, 3.05) is 5.32 Å².